The summed E-state index contributed by atoms with van der Waals surface area (Å²) in [6.07, 6.45) is 1.36. The molecule has 0 bridgehead atoms. The standard InChI is InChI=1S/C22H27N3O2S2.ClH/c1-24(2)13-14-25(21(26)10-7-15-28-18-8-5-4-6-9-18)22-23-19-12-11-17(27-3)16-20(19)29-22;/h4-6,8-9,11-12,16H,7,10,13-15H2,1-3H3;1H. The van der Waals surface area contributed by atoms with E-state index in [1.807, 2.05) is 55.4 Å². The van der Waals surface area contributed by atoms with Crippen molar-refractivity contribution in [1.82, 2.24) is 9.88 Å². The fourth-order valence-corrected chi connectivity index (χ4v) is 4.74. The van der Waals surface area contributed by atoms with Crippen LogP contribution >= 0.6 is 35.5 Å². The van der Waals surface area contributed by atoms with Gasteiger partial charge in [0.25, 0.3) is 0 Å². The first-order chi connectivity index (χ1) is 14.1. The third-order valence-corrected chi connectivity index (χ3v) is 6.57. The molecule has 0 atom stereocenters. The molecule has 2 aromatic carbocycles. The highest BCUT2D eigenvalue weighted by atomic mass is 35.5. The quantitative estimate of drug-likeness (QED) is 0.304. The number of hydrogen-bond acceptors (Lipinski definition) is 6. The number of thioether (sulfide) groups is 1. The summed E-state index contributed by atoms with van der Waals surface area (Å²) in [5.74, 6) is 1.86. The SMILES string of the molecule is COc1ccc2nc(N(CCN(C)C)C(=O)CCCSc3ccccc3)sc2c1.Cl. The van der Waals surface area contributed by atoms with Gasteiger partial charge in [0.15, 0.2) is 5.13 Å². The Bertz CT molecular complexity index is 935. The van der Waals surface area contributed by atoms with Crippen molar-refractivity contribution in [2.45, 2.75) is 17.7 Å². The molecule has 0 aliphatic rings. The van der Waals surface area contributed by atoms with Crippen molar-refractivity contribution >= 4 is 56.8 Å². The lowest BCUT2D eigenvalue weighted by Crippen LogP contribution is -2.36. The highest BCUT2D eigenvalue weighted by molar-refractivity contribution is 7.99. The Labute approximate surface area is 192 Å². The number of fused-ring (bicyclic) bond motifs is 1. The van der Waals surface area contributed by atoms with Gasteiger partial charge in [-0.15, -0.1) is 24.2 Å². The van der Waals surface area contributed by atoms with Crippen LogP contribution in [-0.4, -0.2) is 55.8 Å². The Hall–Kier alpha value is -1.80. The normalized spacial score (nSPS) is 10.8. The number of nitrogens with zero attached hydrogens (tertiary/aromatic N) is 3. The molecule has 0 N–H and O–H groups in total. The maximum Gasteiger partial charge on any atom is 0.228 e. The number of hydrogen-bond donors (Lipinski definition) is 0. The minimum absolute atomic E-state index is 0. The number of thiazole rings is 1. The Balaban J connectivity index is 0.00000320. The summed E-state index contributed by atoms with van der Waals surface area (Å²) in [7, 11) is 5.69. The van der Waals surface area contributed by atoms with E-state index in [2.05, 4.69) is 17.0 Å². The van der Waals surface area contributed by atoms with Gasteiger partial charge in [0, 0.05) is 24.4 Å². The highest BCUT2D eigenvalue weighted by Crippen LogP contribution is 2.32. The third kappa shape index (κ3) is 6.87. The molecule has 30 heavy (non-hydrogen) atoms. The minimum Gasteiger partial charge on any atom is -0.497 e. The van der Waals surface area contributed by atoms with Crippen LogP contribution in [0.5, 0.6) is 5.75 Å². The molecule has 8 heteroatoms. The molecule has 0 spiro atoms. The van der Waals surface area contributed by atoms with Crippen molar-refractivity contribution in [2.75, 3.05) is 44.9 Å². The molecule has 162 valence electrons. The molecule has 0 fully saturated rings. The summed E-state index contributed by atoms with van der Waals surface area (Å²) in [4.78, 5) is 22.9. The summed E-state index contributed by atoms with van der Waals surface area (Å²) in [5, 5.41) is 0.760. The lowest BCUT2D eigenvalue weighted by atomic mass is 10.3. The van der Waals surface area contributed by atoms with Crippen molar-refractivity contribution in [3.63, 3.8) is 0 Å². The second kappa shape index (κ2) is 12.2. The van der Waals surface area contributed by atoms with E-state index < -0.39 is 0 Å². The van der Waals surface area contributed by atoms with Crippen LogP contribution in [0.2, 0.25) is 0 Å². The zero-order chi connectivity index (χ0) is 20.6. The number of likely N-dealkylation sites (N-methyl/N-ethyl adjacent to an activating group) is 1. The summed E-state index contributed by atoms with van der Waals surface area (Å²) in [6.45, 7) is 1.43. The van der Waals surface area contributed by atoms with Crippen LogP contribution in [0, 0.1) is 0 Å². The summed E-state index contributed by atoms with van der Waals surface area (Å²) in [5.41, 5.74) is 0.896. The van der Waals surface area contributed by atoms with E-state index >= 15 is 0 Å². The van der Waals surface area contributed by atoms with Crippen LogP contribution in [0.4, 0.5) is 5.13 Å². The van der Waals surface area contributed by atoms with Crippen molar-refractivity contribution in [1.29, 1.82) is 0 Å². The van der Waals surface area contributed by atoms with Crippen LogP contribution in [0.3, 0.4) is 0 Å². The van der Waals surface area contributed by atoms with Gasteiger partial charge in [-0.2, -0.15) is 0 Å². The molecule has 0 radical (unpaired) electrons. The van der Waals surface area contributed by atoms with E-state index in [1.54, 1.807) is 30.2 Å². The lowest BCUT2D eigenvalue weighted by molar-refractivity contribution is -0.118. The number of anilines is 1. The van der Waals surface area contributed by atoms with E-state index in [4.69, 9.17) is 9.72 Å². The molecule has 3 aromatic rings. The second-order valence-electron chi connectivity index (χ2n) is 6.94. The fraction of sp³-hybridized carbons (Fsp3) is 0.364. The Kier molecular flexibility index (Phi) is 9.91. The number of carbonyl (C=O) groups excluding carboxylic acids is 1. The number of rotatable bonds is 10. The molecule has 1 heterocycles. The van der Waals surface area contributed by atoms with Crippen molar-refractivity contribution in [2.24, 2.45) is 0 Å². The smallest absolute Gasteiger partial charge is 0.228 e. The van der Waals surface area contributed by atoms with Gasteiger partial charge in [-0.05, 0) is 56.6 Å². The predicted octanol–water partition coefficient (Wildman–Crippen LogP) is 5.19. The molecule has 0 unspecified atom stereocenters. The van der Waals surface area contributed by atoms with Crippen LogP contribution in [0.1, 0.15) is 12.8 Å². The average Bonchev–Trinajstić information content (AvgIpc) is 3.14. The van der Waals surface area contributed by atoms with Crippen molar-refractivity contribution in [3.05, 3.63) is 48.5 Å². The highest BCUT2D eigenvalue weighted by Gasteiger charge is 2.19. The monoisotopic (exact) mass is 465 g/mol. The van der Waals surface area contributed by atoms with Crippen LogP contribution in [0.25, 0.3) is 10.2 Å². The molecular formula is C22H28ClN3O2S2. The molecule has 1 aromatic heterocycles. The summed E-state index contributed by atoms with van der Waals surface area (Å²) in [6, 6.07) is 16.1. The topological polar surface area (TPSA) is 45.7 Å². The zero-order valence-electron chi connectivity index (χ0n) is 17.5. The van der Waals surface area contributed by atoms with E-state index in [0.29, 0.717) is 13.0 Å². The average molecular weight is 466 g/mol. The number of carbonyl (C=O) groups is 1. The number of amides is 1. The van der Waals surface area contributed by atoms with E-state index in [1.165, 1.54) is 4.90 Å². The maximum atomic E-state index is 13.0. The Morgan fingerprint density at radius 3 is 2.60 bits per heavy atom. The molecule has 5 nitrogen and oxygen atoms in total. The predicted molar refractivity (Wildman–Crippen MR) is 131 cm³/mol. The van der Waals surface area contributed by atoms with E-state index in [9.17, 15) is 4.79 Å². The van der Waals surface area contributed by atoms with Crippen molar-refractivity contribution < 1.29 is 9.53 Å². The van der Waals surface area contributed by atoms with Gasteiger partial charge in [-0.1, -0.05) is 29.5 Å². The second-order valence-corrected chi connectivity index (χ2v) is 9.12. The number of aromatic nitrogens is 1. The number of benzene rings is 2. The molecule has 0 saturated heterocycles. The molecule has 0 saturated carbocycles. The maximum absolute atomic E-state index is 13.0. The van der Waals surface area contributed by atoms with Crippen LogP contribution in [-0.2, 0) is 4.79 Å². The van der Waals surface area contributed by atoms with E-state index in [0.717, 1.165) is 39.8 Å². The summed E-state index contributed by atoms with van der Waals surface area (Å²) < 4.78 is 6.34. The minimum atomic E-state index is 0. The lowest BCUT2D eigenvalue weighted by Gasteiger charge is -2.22. The number of ether oxygens (including phenoxy) is 1. The molecule has 0 aliphatic carbocycles. The van der Waals surface area contributed by atoms with Gasteiger partial charge >= 0.3 is 0 Å². The van der Waals surface area contributed by atoms with Gasteiger partial charge in [0.2, 0.25) is 5.91 Å². The first-order valence-corrected chi connectivity index (χ1v) is 11.4. The molecule has 3 rings (SSSR count). The van der Waals surface area contributed by atoms with Crippen molar-refractivity contribution in [3.8, 4) is 5.75 Å². The third-order valence-electron chi connectivity index (χ3n) is 4.43. The molecular weight excluding hydrogens is 438 g/mol. The van der Waals surface area contributed by atoms with Crippen LogP contribution < -0.4 is 9.64 Å². The zero-order valence-corrected chi connectivity index (χ0v) is 20.0. The number of halogens is 1. The first-order valence-electron chi connectivity index (χ1n) is 9.64. The van der Waals surface area contributed by atoms with Gasteiger partial charge in [-0.25, -0.2) is 4.98 Å². The molecule has 1 amide bonds. The van der Waals surface area contributed by atoms with Gasteiger partial charge in [-0.3, -0.25) is 9.69 Å². The Morgan fingerprint density at radius 2 is 1.90 bits per heavy atom. The Morgan fingerprint density at radius 1 is 1.13 bits per heavy atom. The van der Waals surface area contributed by atoms with Gasteiger partial charge in [0.05, 0.1) is 17.3 Å². The first kappa shape index (κ1) is 24.5. The van der Waals surface area contributed by atoms with E-state index in [-0.39, 0.29) is 18.3 Å². The fourth-order valence-electron chi connectivity index (χ4n) is 2.83. The number of methoxy groups -OCH3 is 1. The molecule has 0 aliphatic heterocycles. The van der Waals surface area contributed by atoms with Crippen LogP contribution in [0.15, 0.2) is 53.4 Å². The largest absolute Gasteiger partial charge is 0.497 e. The van der Waals surface area contributed by atoms with Gasteiger partial charge in [0.1, 0.15) is 5.75 Å². The van der Waals surface area contributed by atoms with Gasteiger partial charge < -0.3 is 9.64 Å². The summed E-state index contributed by atoms with van der Waals surface area (Å²) >= 11 is 3.33.